The molecule has 1 N–H and O–H groups in total. The van der Waals surface area contributed by atoms with Crippen LogP contribution in [-0.2, 0) is 14.3 Å². The molecule has 1 aliphatic rings. The molecule has 0 heterocycles. The summed E-state index contributed by atoms with van der Waals surface area (Å²) in [6.45, 7) is 1.42. The van der Waals surface area contributed by atoms with E-state index in [1.807, 2.05) is 0 Å². The maximum Gasteiger partial charge on any atom is 0.344 e. The lowest BCUT2D eigenvalue weighted by molar-refractivity contribution is -0.150. The highest BCUT2D eigenvalue weighted by Crippen LogP contribution is 2.23. The van der Waals surface area contributed by atoms with Gasteiger partial charge in [0.25, 0.3) is 5.91 Å². The van der Waals surface area contributed by atoms with Crippen molar-refractivity contribution in [3.8, 4) is 5.75 Å². The van der Waals surface area contributed by atoms with E-state index in [-0.39, 0.29) is 30.9 Å². The molecule has 5 nitrogen and oxygen atoms in total. The summed E-state index contributed by atoms with van der Waals surface area (Å²) in [5.41, 5.74) is 0. The van der Waals surface area contributed by atoms with Crippen LogP contribution in [0.4, 0.5) is 4.39 Å². The minimum atomic E-state index is -0.666. The second-order valence-corrected chi connectivity index (χ2v) is 5.84. The first-order valence-electron chi connectivity index (χ1n) is 7.88. The van der Waals surface area contributed by atoms with Crippen molar-refractivity contribution in [2.24, 2.45) is 5.92 Å². The molecule has 0 radical (unpaired) electrons. The largest absolute Gasteiger partial charge is 0.482 e. The van der Waals surface area contributed by atoms with Crippen molar-refractivity contribution < 1.29 is 23.5 Å². The Morgan fingerprint density at radius 1 is 1.26 bits per heavy atom. The summed E-state index contributed by atoms with van der Waals surface area (Å²) in [6.07, 6.45) is 4.37. The van der Waals surface area contributed by atoms with E-state index >= 15 is 0 Å². The van der Waals surface area contributed by atoms with Gasteiger partial charge in [0.05, 0.1) is 0 Å². The molecule has 0 spiro atoms. The summed E-state index contributed by atoms with van der Waals surface area (Å²) in [7, 11) is 0. The maximum atomic E-state index is 13.0. The number of hydrogen-bond acceptors (Lipinski definition) is 4. The fourth-order valence-electron chi connectivity index (χ4n) is 2.67. The molecule has 1 aliphatic carbocycles. The molecule has 1 aromatic carbocycles. The average Bonchev–Trinajstić information content (AvgIpc) is 2.53. The molecule has 126 valence electrons. The molecular formula is C17H22FNO4. The van der Waals surface area contributed by atoms with Gasteiger partial charge in [-0.1, -0.05) is 25.8 Å². The van der Waals surface area contributed by atoms with Gasteiger partial charge in [0.15, 0.2) is 13.2 Å². The highest BCUT2D eigenvalue weighted by atomic mass is 19.1. The number of halogens is 1. The standard InChI is InChI=1S/C17H22FNO4/c1-12-5-2-3-8-15(12)19-16(20)10-23-17(21)11-22-14-7-4-6-13(18)9-14/h4,6-7,9,12,15H,2-3,5,8,10-11H2,1H3,(H,19,20)/t12-,15+/m1/s1. The monoisotopic (exact) mass is 323 g/mol. The number of carbonyl (C=O) groups is 2. The Balaban J connectivity index is 1.66. The van der Waals surface area contributed by atoms with Gasteiger partial charge in [-0.25, -0.2) is 9.18 Å². The van der Waals surface area contributed by atoms with Crippen molar-refractivity contribution in [2.75, 3.05) is 13.2 Å². The summed E-state index contributed by atoms with van der Waals surface area (Å²) >= 11 is 0. The molecule has 6 heteroatoms. The second kappa shape index (κ2) is 8.50. The lowest BCUT2D eigenvalue weighted by Gasteiger charge is -2.29. The van der Waals surface area contributed by atoms with E-state index < -0.39 is 11.8 Å². The molecule has 1 saturated carbocycles. The Bertz CT molecular complexity index is 549. The summed E-state index contributed by atoms with van der Waals surface area (Å²) in [6, 6.07) is 5.62. The molecule has 1 aromatic rings. The van der Waals surface area contributed by atoms with Gasteiger partial charge in [0.2, 0.25) is 0 Å². The molecule has 0 saturated heterocycles. The van der Waals surface area contributed by atoms with Crippen LogP contribution in [0.15, 0.2) is 24.3 Å². The summed E-state index contributed by atoms with van der Waals surface area (Å²) in [5.74, 6) is -0.733. The van der Waals surface area contributed by atoms with Crippen molar-refractivity contribution in [3.63, 3.8) is 0 Å². The van der Waals surface area contributed by atoms with Gasteiger partial charge in [-0.2, -0.15) is 0 Å². The zero-order chi connectivity index (χ0) is 16.7. The van der Waals surface area contributed by atoms with Crippen molar-refractivity contribution in [1.82, 2.24) is 5.32 Å². The Hall–Kier alpha value is -2.11. The van der Waals surface area contributed by atoms with Crippen LogP contribution in [0, 0.1) is 11.7 Å². The van der Waals surface area contributed by atoms with Gasteiger partial charge >= 0.3 is 5.97 Å². The third-order valence-electron chi connectivity index (χ3n) is 3.97. The molecule has 23 heavy (non-hydrogen) atoms. The predicted octanol–water partition coefficient (Wildman–Crippen LogP) is 2.44. The lowest BCUT2D eigenvalue weighted by atomic mass is 9.86. The van der Waals surface area contributed by atoms with Crippen LogP contribution >= 0.6 is 0 Å². The first kappa shape index (κ1) is 17.2. The smallest absolute Gasteiger partial charge is 0.344 e. The topological polar surface area (TPSA) is 64.6 Å². The van der Waals surface area contributed by atoms with E-state index in [9.17, 15) is 14.0 Å². The zero-order valence-corrected chi connectivity index (χ0v) is 13.2. The maximum absolute atomic E-state index is 13.0. The van der Waals surface area contributed by atoms with E-state index in [0.717, 1.165) is 19.3 Å². The number of benzene rings is 1. The summed E-state index contributed by atoms with van der Waals surface area (Å²) in [4.78, 5) is 23.3. The minimum absolute atomic E-state index is 0.151. The molecule has 2 rings (SSSR count). The molecular weight excluding hydrogens is 301 g/mol. The van der Waals surface area contributed by atoms with Crippen LogP contribution < -0.4 is 10.1 Å². The third-order valence-corrected chi connectivity index (χ3v) is 3.97. The molecule has 1 fully saturated rings. The van der Waals surface area contributed by atoms with Crippen molar-refractivity contribution >= 4 is 11.9 Å². The van der Waals surface area contributed by atoms with Gasteiger partial charge < -0.3 is 14.8 Å². The number of carbonyl (C=O) groups excluding carboxylic acids is 2. The van der Waals surface area contributed by atoms with Gasteiger partial charge in [-0.15, -0.1) is 0 Å². The Kier molecular flexibility index (Phi) is 6.38. The molecule has 0 unspecified atom stereocenters. The zero-order valence-electron chi connectivity index (χ0n) is 13.2. The predicted molar refractivity (Wildman–Crippen MR) is 82.4 cm³/mol. The number of amides is 1. The van der Waals surface area contributed by atoms with Gasteiger partial charge in [0.1, 0.15) is 11.6 Å². The van der Waals surface area contributed by atoms with Crippen molar-refractivity contribution in [3.05, 3.63) is 30.1 Å². The molecule has 0 aliphatic heterocycles. The van der Waals surface area contributed by atoms with Gasteiger partial charge in [-0.3, -0.25) is 4.79 Å². The molecule has 1 amide bonds. The number of esters is 1. The van der Waals surface area contributed by atoms with Crippen molar-refractivity contribution in [2.45, 2.75) is 38.6 Å². The number of nitrogens with one attached hydrogen (secondary N) is 1. The number of hydrogen-bond donors (Lipinski definition) is 1. The minimum Gasteiger partial charge on any atom is -0.482 e. The van der Waals surface area contributed by atoms with Crippen LogP contribution in [0.5, 0.6) is 5.75 Å². The second-order valence-electron chi connectivity index (χ2n) is 5.84. The summed E-state index contributed by atoms with van der Waals surface area (Å²) in [5, 5.41) is 2.90. The van der Waals surface area contributed by atoms with E-state index in [1.54, 1.807) is 0 Å². The number of ether oxygens (including phenoxy) is 2. The van der Waals surface area contributed by atoms with Gasteiger partial charge in [0, 0.05) is 12.1 Å². The van der Waals surface area contributed by atoms with Crippen LogP contribution in [0.25, 0.3) is 0 Å². The van der Waals surface area contributed by atoms with Crippen molar-refractivity contribution in [1.29, 1.82) is 0 Å². The first-order valence-corrected chi connectivity index (χ1v) is 7.88. The Morgan fingerprint density at radius 2 is 2.04 bits per heavy atom. The lowest BCUT2D eigenvalue weighted by Crippen LogP contribution is -2.43. The third kappa shape index (κ3) is 5.88. The van der Waals surface area contributed by atoms with Gasteiger partial charge in [-0.05, 0) is 30.9 Å². The highest BCUT2D eigenvalue weighted by Gasteiger charge is 2.23. The molecule has 2 atom stereocenters. The average molecular weight is 323 g/mol. The van der Waals surface area contributed by atoms with E-state index in [2.05, 4.69) is 12.2 Å². The molecule has 0 aromatic heterocycles. The first-order chi connectivity index (χ1) is 11.0. The van der Waals surface area contributed by atoms with Crippen LogP contribution in [0.3, 0.4) is 0 Å². The quantitative estimate of drug-likeness (QED) is 0.817. The molecule has 0 bridgehead atoms. The Labute approximate surface area is 135 Å². The Morgan fingerprint density at radius 3 is 2.78 bits per heavy atom. The van der Waals surface area contributed by atoms with Crippen LogP contribution in [-0.4, -0.2) is 31.1 Å². The van der Waals surface area contributed by atoms with Crippen LogP contribution in [0.2, 0.25) is 0 Å². The van der Waals surface area contributed by atoms with E-state index in [0.29, 0.717) is 5.92 Å². The SMILES string of the molecule is C[C@@H]1CCCC[C@@H]1NC(=O)COC(=O)COc1cccc(F)c1. The van der Waals surface area contributed by atoms with E-state index in [4.69, 9.17) is 9.47 Å². The fourth-order valence-corrected chi connectivity index (χ4v) is 2.67. The highest BCUT2D eigenvalue weighted by molar-refractivity contribution is 5.81. The summed E-state index contributed by atoms with van der Waals surface area (Å²) < 4.78 is 22.9. The number of rotatable bonds is 6. The van der Waals surface area contributed by atoms with E-state index in [1.165, 1.54) is 30.7 Å². The fraction of sp³-hybridized carbons (Fsp3) is 0.529. The van der Waals surface area contributed by atoms with Crippen LogP contribution in [0.1, 0.15) is 32.6 Å². The normalized spacial score (nSPS) is 20.6.